The predicted molar refractivity (Wildman–Crippen MR) is 52.7 cm³/mol. The summed E-state index contributed by atoms with van der Waals surface area (Å²) in [6.45, 7) is 0.357. The van der Waals surface area contributed by atoms with Gasteiger partial charge in [-0.1, -0.05) is 0 Å². The van der Waals surface area contributed by atoms with Crippen molar-refractivity contribution in [1.29, 1.82) is 5.26 Å². The topological polar surface area (TPSA) is 45.8 Å². The van der Waals surface area contributed by atoms with Gasteiger partial charge in [0.1, 0.15) is 6.29 Å². The molecule has 2 rings (SSSR count). The zero-order valence-electron chi connectivity index (χ0n) is 7.47. The average molecular weight is 184 g/mol. The van der Waals surface area contributed by atoms with E-state index in [2.05, 4.69) is 6.07 Å². The molecule has 3 heteroatoms. The number of nitrogens with zero attached hydrogens (tertiary/aromatic N) is 2. The van der Waals surface area contributed by atoms with Crippen LogP contribution in [0.1, 0.15) is 5.56 Å². The van der Waals surface area contributed by atoms with Crippen LogP contribution in [0.25, 0.3) is 10.9 Å². The smallest absolute Gasteiger partial charge is 0.139 e. The van der Waals surface area contributed by atoms with Crippen LogP contribution < -0.4 is 0 Å². The number of hydrogen-bond acceptors (Lipinski definition) is 2. The molecule has 68 valence electrons. The summed E-state index contributed by atoms with van der Waals surface area (Å²) < 4.78 is 1.85. The number of carbonyl (C=O) groups is 1. The van der Waals surface area contributed by atoms with Gasteiger partial charge in [0.05, 0.1) is 18.2 Å². The van der Waals surface area contributed by atoms with Crippen LogP contribution in [0.3, 0.4) is 0 Å². The number of aromatic nitrogens is 1. The molecule has 3 nitrogen and oxygen atoms in total. The first-order valence-corrected chi connectivity index (χ1v) is 4.28. The van der Waals surface area contributed by atoms with Gasteiger partial charge in [-0.05, 0) is 24.3 Å². The quantitative estimate of drug-likeness (QED) is 0.667. The highest BCUT2D eigenvalue weighted by molar-refractivity contribution is 5.82. The van der Waals surface area contributed by atoms with Gasteiger partial charge in [0.25, 0.3) is 0 Å². The number of hydrogen-bond donors (Lipinski definition) is 0. The first-order chi connectivity index (χ1) is 6.85. The SMILES string of the molecule is N#Cc1ccc2c(ccn2CC=O)c1. The second-order valence-corrected chi connectivity index (χ2v) is 3.02. The maximum Gasteiger partial charge on any atom is 0.139 e. The van der Waals surface area contributed by atoms with Crippen molar-refractivity contribution in [3.05, 3.63) is 36.0 Å². The summed E-state index contributed by atoms with van der Waals surface area (Å²) in [4.78, 5) is 10.4. The number of benzene rings is 1. The minimum absolute atomic E-state index is 0.357. The third-order valence-electron chi connectivity index (χ3n) is 2.17. The molecule has 0 amide bonds. The number of nitriles is 1. The molecular formula is C11H8N2O. The minimum atomic E-state index is 0.357. The van der Waals surface area contributed by atoms with E-state index in [-0.39, 0.29) is 0 Å². The molecule has 0 N–H and O–H groups in total. The van der Waals surface area contributed by atoms with Crippen molar-refractivity contribution in [2.24, 2.45) is 0 Å². The third kappa shape index (κ3) is 1.27. The highest BCUT2D eigenvalue weighted by atomic mass is 16.1. The van der Waals surface area contributed by atoms with E-state index < -0.39 is 0 Å². The Morgan fingerprint density at radius 3 is 3.00 bits per heavy atom. The van der Waals surface area contributed by atoms with Crippen LogP contribution in [0.4, 0.5) is 0 Å². The summed E-state index contributed by atoms with van der Waals surface area (Å²) in [5, 5.41) is 9.69. The van der Waals surface area contributed by atoms with Gasteiger partial charge in [0, 0.05) is 17.1 Å². The molecule has 1 aromatic carbocycles. The maximum absolute atomic E-state index is 10.4. The molecule has 0 aliphatic rings. The number of rotatable bonds is 2. The average Bonchev–Trinajstić information content (AvgIpc) is 2.61. The lowest BCUT2D eigenvalue weighted by Gasteiger charge is -1.98. The van der Waals surface area contributed by atoms with Gasteiger partial charge in [0.2, 0.25) is 0 Å². The van der Waals surface area contributed by atoms with Gasteiger partial charge < -0.3 is 9.36 Å². The van der Waals surface area contributed by atoms with Crippen molar-refractivity contribution in [1.82, 2.24) is 4.57 Å². The number of carbonyl (C=O) groups excluding carboxylic acids is 1. The summed E-state index contributed by atoms with van der Waals surface area (Å²) in [5.41, 5.74) is 1.62. The van der Waals surface area contributed by atoms with E-state index in [9.17, 15) is 4.79 Å². The van der Waals surface area contributed by atoms with Crippen molar-refractivity contribution in [2.45, 2.75) is 6.54 Å². The number of aldehydes is 1. The zero-order valence-corrected chi connectivity index (χ0v) is 7.47. The van der Waals surface area contributed by atoms with E-state index in [0.29, 0.717) is 12.1 Å². The molecule has 0 bridgehead atoms. The second kappa shape index (κ2) is 3.35. The van der Waals surface area contributed by atoms with E-state index in [1.807, 2.05) is 29.0 Å². The first kappa shape index (κ1) is 8.52. The summed E-state index contributed by atoms with van der Waals surface area (Å²) >= 11 is 0. The van der Waals surface area contributed by atoms with Crippen LogP contribution in [0, 0.1) is 11.3 Å². The Balaban J connectivity index is 2.60. The van der Waals surface area contributed by atoms with Gasteiger partial charge in [-0.25, -0.2) is 0 Å². The van der Waals surface area contributed by atoms with E-state index >= 15 is 0 Å². The summed E-state index contributed by atoms with van der Waals surface area (Å²) in [7, 11) is 0. The molecule has 0 aliphatic carbocycles. The summed E-state index contributed by atoms with van der Waals surface area (Å²) in [6.07, 6.45) is 2.71. The van der Waals surface area contributed by atoms with E-state index in [4.69, 9.17) is 5.26 Å². The zero-order chi connectivity index (χ0) is 9.97. The second-order valence-electron chi connectivity index (χ2n) is 3.02. The standard InChI is InChI=1S/C11H8N2O/c12-8-9-1-2-11-10(7-9)3-4-13(11)5-6-14/h1-4,6-7H,5H2. The fraction of sp³-hybridized carbons (Fsp3) is 0.0909. The van der Waals surface area contributed by atoms with Gasteiger partial charge in [0.15, 0.2) is 0 Å². The lowest BCUT2D eigenvalue weighted by Crippen LogP contribution is -1.95. The van der Waals surface area contributed by atoms with Crippen molar-refractivity contribution in [3.63, 3.8) is 0 Å². The fourth-order valence-electron chi connectivity index (χ4n) is 1.51. The molecule has 1 heterocycles. The Bertz CT molecular complexity index is 520. The molecule has 0 atom stereocenters. The molecule has 14 heavy (non-hydrogen) atoms. The van der Waals surface area contributed by atoms with E-state index in [1.54, 1.807) is 6.07 Å². The lowest BCUT2D eigenvalue weighted by molar-refractivity contribution is -0.108. The Labute approximate surface area is 81.2 Å². The van der Waals surface area contributed by atoms with Crippen molar-refractivity contribution in [2.75, 3.05) is 0 Å². The lowest BCUT2D eigenvalue weighted by atomic mass is 10.2. The maximum atomic E-state index is 10.4. The normalized spacial score (nSPS) is 9.93. The first-order valence-electron chi connectivity index (χ1n) is 4.28. The molecule has 0 fully saturated rings. The van der Waals surface area contributed by atoms with Gasteiger partial charge >= 0.3 is 0 Å². The van der Waals surface area contributed by atoms with Gasteiger partial charge in [-0.2, -0.15) is 5.26 Å². The largest absolute Gasteiger partial charge is 0.340 e. The predicted octanol–water partition coefficient (Wildman–Crippen LogP) is 1.71. The Kier molecular flexibility index (Phi) is 2.04. The Morgan fingerprint density at radius 1 is 1.43 bits per heavy atom. The monoisotopic (exact) mass is 184 g/mol. The summed E-state index contributed by atoms with van der Waals surface area (Å²) in [5.74, 6) is 0. The fourth-order valence-corrected chi connectivity index (χ4v) is 1.51. The van der Waals surface area contributed by atoms with Crippen LogP contribution in [0.5, 0.6) is 0 Å². The molecule has 0 radical (unpaired) electrons. The molecule has 2 aromatic rings. The molecule has 1 aromatic heterocycles. The van der Waals surface area contributed by atoms with Gasteiger partial charge in [-0.3, -0.25) is 0 Å². The number of fused-ring (bicyclic) bond motifs is 1. The highest BCUT2D eigenvalue weighted by Gasteiger charge is 2.00. The van der Waals surface area contributed by atoms with Crippen molar-refractivity contribution in [3.8, 4) is 6.07 Å². The Hall–Kier alpha value is -2.08. The van der Waals surface area contributed by atoms with E-state index in [0.717, 1.165) is 17.2 Å². The van der Waals surface area contributed by atoms with Crippen molar-refractivity contribution >= 4 is 17.2 Å². The van der Waals surface area contributed by atoms with Crippen LogP contribution in [-0.4, -0.2) is 10.9 Å². The molecule has 0 unspecified atom stereocenters. The van der Waals surface area contributed by atoms with Crippen LogP contribution in [-0.2, 0) is 11.3 Å². The molecule has 0 saturated carbocycles. The molecular weight excluding hydrogens is 176 g/mol. The molecule has 0 aliphatic heterocycles. The molecule has 0 spiro atoms. The third-order valence-corrected chi connectivity index (χ3v) is 2.17. The van der Waals surface area contributed by atoms with Crippen molar-refractivity contribution < 1.29 is 4.79 Å². The minimum Gasteiger partial charge on any atom is -0.340 e. The Morgan fingerprint density at radius 2 is 2.29 bits per heavy atom. The summed E-state index contributed by atoms with van der Waals surface area (Å²) in [6, 6.07) is 9.41. The van der Waals surface area contributed by atoms with Crippen LogP contribution >= 0.6 is 0 Å². The van der Waals surface area contributed by atoms with Crippen LogP contribution in [0.2, 0.25) is 0 Å². The van der Waals surface area contributed by atoms with Crippen LogP contribution in [0.15, 0.2) is 30.5 Å². The highest BCUT2D eigenvalue weighted by Crippen LogP contribution is 2.16. The van der Waals surface area contributed by atoms with Gasteiger partial charge in [-0.15, -0.1) is 0 Å². The van der Waals surface area contributed by atoms with E-state index in [1.165, 1.54) is 0 Å². The molecule has 0 saturated heterocycles.